The van der Waals surface area contributed by atoms with E-state index in [-0.39, 0.29) is 6.17 Å². The van der Waals surface area contributed by atoms with Gasteiger partial charge in [0.15, 0.2) is 0 Å². The Labute approximate surface area is 185 Å². The molecule has 0 amide bonds. The molecule has 3 aromatic rings. The van der Waals surface area contributed by atoms with Crippen molar-refractivity contribution >= 4 is 6.08 Å². The van der Waals surface area contributed by atoms with Crippen LogP contribution >= 0.6 is 0 Å². The van der Waals surface area contributed by atoms with Gasteiger partial charge in [-0.2, -0.15) is 0 Å². The number of rotatable bonds is 8. The highest BCUT2D eigenvalue weighted by Gasteiger charge is 2.29. The third kappa shape index (κ3) is 5.54. The van der Waals surface area contributed by atoms with E-state index in [1.165, 1.54) is 16.7 Å². The van der Waals surface area contributed by atoms with Crippen molar-refractivity contribution in [3.63, 3.8) is 0 Å². The highest BCUT2D eigenvalue weighted by molar-refractivity contribution is 5.49. The molecule has 4 rings (SSSR count). The van der Waals surface area contributed by atoms with Crippen LogP contribution in [0, 0.1) is 0 Å². The number of nitrogens with zero attached hydrogens (tertiary/aromatic N) is 2. The zero-order valence-electron chi connectivity index (χ0n) is 18.3. The van der Waals surface area contributed by atoms with Gasteiger partial charge in [-0.3, -0.25) is 9.80 Å². The summed E-state index contributed by atoms with van der Waals surface area (Å²) >= 11 is 0. The van der Waals surface area contributed by atoms with Gasteiger partial charge in [0.2, 0.25) is 0 Å². The Kier molecular flexibility index (Phi) is 7.03. The molecule has 4 heteroatoms. The van der Waals surface area contributed by atoms with Gasteiger partial charge in [-0.25, -0.2) is 0 Å². The zero-order valence-corrected chi connectivity index (χ0v) is 18.3. The highest BCUT2D eigenvalue weighted by atomic mass is 16.5. The maximum absolute atomic E-state index is 5.31. The smallest absolute Gasteiger partial charge is 0.118 e. The molecule has 4 nitrogen and oxygen atoms in total. The van der Waals surface area contributed by atoms with Gasteiger partial charge in [-0.15, -0.1) is 0 Å². The molecule has 1 aliphatic heterocycles. The summed E-state index contributed by atoms with van der Waals surface area (Å²) in [6.07, 6.45) is 4.80. The SMILES string of the molecule is COc1ccc(CN2CCN(Cc3ccc(OC)cc3)C2/C=C/c2ccccc2)cc1. The molecule has 0 unspecified atom stereocenters. The van der Waals surface area contributed by atoms with Crippen molar-refractivity contribution in [3.8, 4) is 11.5 Å². The first-order valence-corrected chi connectivity index (χ1v) is 10.7. The Bertz CT molecular complexity index is 911. The second-order valence-corrected chi connectivity index (χ2v) is 7.82. The van der Waals surface area contributed by atoms with E-state index in [1.54, 1.807) is 14.2 Å². The fourth-order valence-corrected chi connectivity index (χ4v) is 4.03. The van der Waals surface area contributed by atoms with Crippen LogP contribution in [-0.2, 0) is 13.1 Å². The molecular formula is C27H30N2O2. The summed E-state index contributed by atoms with van der Waals surface area (Å²) in [6.45, 7) is 3.89. The topological polar surface area (TPSA) is 24.9 Å². The molecule has 0 radical (unpaired) electrons. The van der Waals surface area contributed by atoms with Gasteiger partial charge in [0.05, 0.1) is 20.4 Å². The summed E-state index contributed by atoms with van der Waals surface area (Å²) in [6, 6.07) is 27.3. The van der Waals surface area contributed by atoms with Crippen molar-refractivity contribution in [1.29, 1.82) is 0 Å². The summed E-state index contributed by atoms with van der Waals surface area (Å²) in [5.41, 5.74) is 3.82. The van der Waals surface area contributed by atoms with Gasteiger partial charge in [-0.1, -0.05) is 66.7 Å². The van der Waals surface area contributed by atoms with Gasteiger partial charge in [0, 0.05) is 26.2 Å². The summed E-state index contributed by atoms with van der Waals surface area (Å²) in [7, 11) is 3.41. The van der Waals surface area contributed by atoms with Crippen molar-refractivity contribution in [1.82, 2.24) is 9.80 Å². The van der Waals surface area contributed by atoms with Crippen LogP contribution in [0.2, 0.25) is 0 Å². The molecule has 1 fully saturated rings. The van der Waals surface area contributed by atoms with E-state index in [1.807, 2.05) is 24.3 Å². The summed E-state index contributed by atoms with van der Waals surface area (Å²) in [4.78, 5) is 5.07. The molecule has 1 aliphatic rings. The molecule has 1 heterocycles. The maximum Gasteiger partial charge on any atom is 0.118 e. The van der Waals surface area contributed by atoms with E-state index in [2.05, 4.69) is 76.5 Å². The molecule has 0 atom stereocenters. The van der Waals surface area contributed by atoms with E-state index in [9.17, 15) is 0 Å². The standard InChI is InChI=1S/C27H30N2O2/c1-30-25-13-8-23(9-14-25)20-28-18-19-29(21-24-10-15-26(31-2)16-11-24)27(28)17-12-22-6-4-3-5-7-22/h3-17,27H,18-21H2,1-2H3/b17-12+. The zero-order chi connectivity index (χ0) is 21.5. The second-order valence-electron chi connectivity index (χ2n) is 7.82. The Morgan fingerprint density at radius 2 is 1.19 bits per heavy atom. The first-order valence-electron chi connectivity index (χ1n) is 10.7. The van der Waals surface area contributed by atoms with Crippen molar-refractivity contribution in [2.75, 3.05) is 27.3 Å². The Morgan fingerprint density at radius 3 is 1.65 bits per heavy atom. The number of ether oxygens (including phenoxy) is 2. The van der Waals surface area contributed by atoms with Gasteiger partial charge in [-0.05, 0) is 41.0 Å². The van der Waals surface area contributed by atoms with Crippen LogP contribution in [0.4, 0.5) is 0 Å². The first kappa shape index (κ1) is 21.2. The Balaban J connectivity index is 1.52. The van der Waals surface area contributed by atoms with Crippen molar-refractivity contribution in [2.45, 2.75) is 19.3 Å². The highest BCUT2D eigenvalue weighted by Crippen LogP contribution is 2.24. The molecular weight excluding hydrogens is 384 g/mol. The lowest BCUT2D eigenvalue weighted by Gasteiger charge is -2.28. The molecule has 0 aliphatic carbocycles. The summed E-state index contributed by atoms with van der Waals surface area (Å²) in [5, 5.41) is 0. The minimum atomic E-state index is 0.240. The van der Waals surface area contributed by atoms with Gasteiger partial charge < -0.3 is 9.47 Å². The Hall–Kier alpha value is -3.08. The van der Waals surface area contributed by atoms with Crippen molar-refractivity contribution in [2.24, 2.45) is 0 Å². The molecule has 160 valence electrons. The number of benzene rings is 3. The minimum absolute atomic E-state index is 0.240. The van der Waals surface area contributed by atoms with Crippen LogP contribution in [-0.4, -0.2) is 43.3 Å². The van der Waals surface area contributed by atoms with Crippen molar-refractivity contribution < 1.29 is 9.47 Å². The molecule has 0 aromatic heterocycles. The second kappa shape index (κ2) is 10.3. The predicted octanol–water partition coefficient (Wildman–Crippen LogP) is 5.06. The lowest BCUT2D eigenvalue weighted by atomic mass is 10.1. The predicted molar refractivity (Wildman–Crippen MR) is 126 cm³/mol. The van der Waals surface area contributed by atoms with Crippen LogP contribution in [0.3, 0.4) is 0 Å². The van der Waals surface area contributed by atoms with E-state index in [4.69, 9.17) is 9.47 Å². The third-order valence-electron chi connectivity index (χ3n) is 5.77. The molecule has 0 spiro atoms. The molecule has 0 N–H and O–H groups in total. The van der Waals surface area contributed by atoms with E-state index < -0.39 is 0 Å². The van der Waals surface area contributed by atoms with Crippen molar-refractivity contribution in [3.05, 3.63) is 102 Å². The largest absolute Gasteiger partial charge is 0.497 e. The monoisotopic (exact) mass is 414 g/mol. The molecule has 0 bridgehead atoms. The molecule has 0 saturated carbocycles. The van der Waals surface area contributed by atoms with E-state index in [0.29, 0.717) is 0 Å². The average molecular weight is 415 g/mol. The normalized spacial score (nSPS) is 15.5. The molecule has 3 aromatic carbocycles. The lowest BCUT2D eigenvalue weighted by Crippen LogP contribution is -2.36. The van der Waals surface area contributed by atoms with Crippen LogP contribution in [0.5, 0.6) is 11.5 Å². The molecule has 31 heavy (non-hydrogen) atoms. The minimum Gasteiger partial charge on any atom is -0.497 e. The van der Waals surface area contributed by atoms with Crippen LogP contribution in [0.1, 0.15) is 16.7 Å². The average Bonchev–Trinajstić information content (AvgIpc) is 3.20. The quantitative estimate of drug-likeness (QED) is 0.514. The summed E-state index contributed by atoms with van der Waals surface area (Å²) in [5.74, 6) is 1.79. The first-order chi connectivity index (χ1) is 15.2. The Morgan fingerprint density at radius 1 is 0.710 bits per heavy atom. The number of methoxy groups -OCH3 is 2. The fraction of sp³-hybridized carbons (Fsp3) is 0.259. The number of hydrogen-bond acceptors (Lipinski definition) is 4. The maximum atomic E-state index is 5.31. The third-order valence-corrected chi connectivity index (χ3v) is 5.77. The van der Waals surface area contributed by atoms with Gasteiger partial charge in [0.25, 0.3) is 0 Å². The van der Waals surface area contributed by atoms with E-state index in [0.717, 1.165) is 37.7 Å². The van der Waals surface area contributed by atoms with E-state index >= 15 is 0 Å². The summed E-state index contributed by atoms with van der Waals surface area (Å²) < 4.78 is 10.6. The van der Waals surface area contributed by atoms with Gasteiger partial charge in [0.1, 0.15) is 11.5 Å². The van der Waals surface area contributed by atoms with Crippen LogP contribution < -0.4 is 9.47 Å². The number of hydrogen-bond donors (Lipinski definition) is 0. The fourth-order valence-electron chi connectivity index (χ4n) is 4.03. The molecule has 1 saturated heterocycles. The van der Waals surface area contributed by atoms with Crippen LogP contribution in [0.15, 0.2) is 84.9 Å². The van der Waals surface area contributed by atoms with Crippen LogP contribution in [0.25, 0.3) is 6.08 Å². The van der Waals surface area contributed by atoms with Gasteiger partial charge >= 0.3 is 0 Å². The lowest BCUT2D eigenvalue weighted by molar-refractivity contribution is 0.167.